The molecule has 5 nitrogen and oxygen atoms in total. The first-order chi connectivity index (χ1) is 10.7. The Kier molecular flexibility index (Phi) is 5.54. The number of primary amides is 1. The van der Waals surface area contributed by atoms with Gasteiger partial charge in [0.15, 0.2) is 12.4 Å². The number of carbonyl (C=O) groups excluding carboxylic acids is 2. The molecule has 1 amide bonds. The first kappa shape index (κ1) is 15.6. The molecule has 0 radical (unpaired) electrons. The molecule has 2 N–H and O–H groups in total. The number of nitrogens with two attached hydrogens (primary N) is 1. The number of carbonyl (C=O) groups is 2. The third-order valence-corrected chi connectivity index (χ3v) is 3.03. The van der Waals surface area contributed by atoms with Crippen LogP contribution in [0.1, 0.15) is 11.1 Å². The SMILES string of the molecule is NC(=O)O[C@H](C=O)Cc1ccc(OCc2ccccc2)cc1. The lowest BCUT2D eigenvalue weighted by molar-refractivity contribution is -0.114. The Hall–Kier alpha value is -2.82. The smallest absolute Gasteiger partial charge is 0.405 e. The molecular weight excluding hydrogens is 282 g/mol. The van der Waals surface area contributed by atoms with Gasteiger partial charge in [-0.25, -0.2) is 4.79 Å². The van der Waals surface area contributed by atoms with Crippen molar-refractivity contribution in [3.05, 3.63) is 65.7 Å². The quantitative estimate of drug-likeness (QED) is 0.797. The van der Waals surface area contributed by atoms with Gasteiger partial charge >= 0.3 is 6.09 Å². The van der Waals surface area contributed by atoms with Gasteiger partial charge in [0.25, 0.3) is 0 Å². The Morgan fingerprint density at radius 2 is 1.73 bits per heavy atom. The zero-order valence-corrected chi connectivity index (χ0v) is 12.0. The lowest BCUT2D eigenvalue weighted by Gasteiger charge is -2.11. The number of benzene rings is 2. The maximum Gasteiger partial charge on any atom is 0.405 e. The summed E-state index contributed by atoms with van der Waals surface area (Å²) in [5.74, 6) is 0.728. The van der Waals surface area contributed by atoms with Gasteiger partial charge in [0.2, 0.25) is 0 Å². The summed E-state index contributed by atoms with van der Waals surface area (Å²) in [5.41, 5.74) is 6.84. The molecular formula is C17H17NO4. The molecule has 0 aliphatic carbocycles. The number of hydrogen-bond donors (Lipinski definition) is 1. The summed E-state index contributed by atoms with van der Waals surface area (Å²) in [4.78, 5) is 21.5. The van der Waals surface area contributed by atoms with Gasteiger partial charge in [-0.15, -0.1) is 0 Å². The average molecular weight is 299 g/mol. The second-order valence-corrected chi connectivity index (χ2v) is 4.73. The number of aldehydes is 1. The molecule has 0 spiro atoms. The van der Waals surface area contributed by atoms with E-state index in [0.29, 0.717) is 12.9 Å². The van der Waals surface area contributed by atoms with E-state index in [-0.39, 0.29) is 6.42 Å². The lowest BCUT2D eigenvalue weighted by Crippen LogP contribution is -2.25. The zero-order valence-electron chi connectivity index (χ0n) is 12.0. The van der Waals surface area contributed by atoms with Crippen LogP contribution in [0.25, 0.3) is 0 Å². The first-order valence-corrected chi connectivity index (χ1v) is 6.84. The van der Waals surface area contributed by atoms with Crippen molar-refractivity contribution in [1.82, 2.24) is 0 Å². The van der Waals surface area contributed by atoms with Crippen molar-refractivity contribution in [2.45, 2.75) is 19.1 Å². The molecule has 2 rings (SSSR count). The van der Waals surface area contributed by atoms with Crippen LogP contribution in [0.15, 0.2) is 54.6 Å². The maximum absolute atomic E-state index is 10.8. The second kappa shape index (κ2) is 7.83. The summed E-state index contributed by atoms with van der Waals surface area (Å²) in [5, 5.41) is 0. The molecule has 5 heteroatoms. The topological polar surface area (TPSA) is 78.6 Å². The third-order valence-electron chi connectivity index (χ3n) is 3.03. The Balaban J connectivity index is 1.89. The van der Waals surface area contributed by atoms with Crippen molar-refractivity contribution in [2.75, 3.05) is 0 Å². The van der Waals surface area contributed by atoms with Crippen molar-refractivity contribution in [3.8, 4) is 5.75 Å². The first-order valence-electron chi connectivity index (χ1n) is 6.84. The summed E-state index contributed by atoms with van der Waals surface area (Å²) in [6, 6.07) is 17.1. The second-order valence-electron chi connectivity index (χ2n) is 4.73. The van der Waals surface area contributed by atoms with Crippen molar-refractivity contribution >= 4 is 12.4 Å². The molecule has 114 valence electrons. The molecule has 22 heavy (non-hydrogen) atoms. The molecule has 0 bridgehead atoms. The van der Waals surface area contributed by atoms with Crippen LogP contribution in [0, 0.1) is 0 Å². The molecule has 0 unspecified atom stereocenters. The van der Waals surface area contributed by atoms with Gasteiger partial charge in [0.05, 0.1) is 0 Å². The van der Waals surface area contributed by atoms with Crippen molar-refractivity contribution in [2.24, 2.45) is 5.73 Å². The zero-order chi connectivity index (χ0) is 15.8. The Bertz CT molecular complexity index is 610. The van der Waals surface area contributed by atoms with Crippen LogP contribution in [0.4, 0.5) is 4.79 Å². The van der Waals surface area contributed by atoms with Crippen LogP contribution in [-0.2, 0) is 22.6 Å². The Morgan fingerprint density at radius 3 is 2.32 bits per heavy atom. The fourth-order valence-corrected chi connectivity index (χ4v) is 1.96. The van der Waals surface area contributed by atoms with Gasteiger partial charge in [-0.3, -0.25) is 4.79 Å². The van der Waals surface area contributed by atoms with E-state index in [1.807, 2.05) is 54.6 Å². The fourth-order valence-electron chi connectivity index (χ4n) is 1.96. The van der Waals surface area contributed by atoms with Crippen LogP contribution in [0.3, 0.4) is 0 Å². The summed E-state index contributed by atoms with van der Waals surface area (Å²) in [6.45, 7) is 0.488. The maximum atomic E-state index is 10.8. The molecule has 1 atom stereocenters. The number of rotatable bonds is 7. The minimum absolute atomic E-state index is 0.283. The highest BCUT2D eigenvalue weighted by Crippen LogP contribution is 2.15. The van der Waals surface area contributed by atoms with E-state index >= 15 is 0 Å². The van der Waals surface area contributed by atoms with Gasteiger partial charge in [-0.2, -0.15) is 0 Å². The summed E-state index contributed by atoms with van der Waals surface area (Å²) >= 11 is 0. The molecule has 0 aliphatic rings. The van der Waals surface area contributed by atoms with Crippen molar-refractivity contribution in [1.29, 1.82) is 0 Å². The van der Waals surface area contributed by atoms with Gasteiger partial charge in [0.1, 0.15) is 12.4 Å². The molecule has 0 aliphatic heterocycles. The van der Waals surface area contributed by atoms with Crippen LogP contribution >= 0.6 is 0 Å². The molecule has 2 aromatic rings. The standard InChI is InChI=1S/C17H17NO4/c18-17(20)22-16(11-19)10-13-6-8-15(9-7-13)21-12-14-4-2-1-3-5-14/h1-9,11,16H,10,12H2,(H2,18,20)/t16-/m0/s1. The monoisotopic (exact) mass is 299 g/mol. The third kappa shape index (κ3) is 4.94. The predicted molar refractivity (Wildman–Crippen MR) is 81.4 cm³/mol. The van der Waals surface area contributed by atoms with Gasteiger partial charge in [0, 0.05) is 6.42 Å². The molecule has 0 fully saturated rings. The highest BCUT2D eigenvalue weighted by molar-refractivity contribution is 5.69. The molecule has 0 aromatic heterocycles. The number of hydrogen-bond acceptors (Lipinski definition) is 4. The van der Waals surface area contributed by atoms with E-state index in [1.54, 1.807) is 0 Å². The van der Waals surface area contributed by atoms with Gasteiger partial charge in [-0.05, 0) is 23.3 Å². The molecule has 0 saturated carbocycles. The number of ether oxygens (including phenoxy) is 2. The minimum atomic E-state index is -0.958. The van der Waals surface area contributed by atoms with Crippen LogP contribution < -0.4 is 10.5 Å². The van der Waals surface area contributed by atoms with E-state index in [9.17, 15) is 9.59 Å². The summed E-state index contributed by atoms with van der Waals surface area (Å²) < 4.78 is 10.3. The largest absolute Gasteiger partial charge is 0.489 e. The normalized spacial score (nSPS) is 11.5. The Labute approximate surface area is 128 Å². The average Bonchev–Trinajstić information content (AvgIpc) is 2.54. The predicted octanol–water partition coefficient (Wildman–Crippen LogP) is 2.47. The molecule has 2 aromatic carbocycles. The lowest BCUT2D eigenvalue weighted by atomic mass is 10.1. The van der Waals surface area contributed by atoms with Gasteiger partial charge < -0.3 is 15.2 Å². The minimum Gasteiger partial charge on any atom is -0.489 e. The van der Waals surface area contributed by atoms with Crippen LogP contribution in [0.2, 0.25) is 0 Å². The fraction of sp³-hybridized carbons (Fsp3) is 0.176. The van der Waals surface area contributed by atoms with Crippen LogP contribution in [0.5, 0.6) is 5.75 Å². The van der Waals surface area contributed by atoms with Crippen molar-refractivity contribution < 1.29 is 19.1 Å². The van der Waals surface area contributed by atoms with E-state index in [0.717, 1.165) is 16.9 Å². The highest BCUT2D eigenvalue weighted by atomic mass is 16.6. The molecule has 0 saturated heterocycles. The van der Waals surface area contributed by atoms with Crippen LogP contribution in [-0.4, -0.2) is 18.5 Å². The summed E-state index contributed by atoms with van der Waals surface area (Å²) in [7, 11) is 0. The van der Waals surface area contributed by atoms with E-state index in [4.69, 9.17) is 10.5 Å². The van der Waals surface area contributed by atoms with Crippen molar-refractivity contribution in [3.63, 3.8) is 0 Å². The molecule has 0 heterocycles. The summed E-state index contributed by atoms with van der Waals surface area (Å²) in [6.07, 6.45) is -0.982. The van der Waals surface area contributed by atoms with Gasteiger partial charge in [-0.1, -0.05) is 42.5 Å². The Morgan fingerprint density at radius 1 is 1.05 bits per heavy atom. The van der Waals surface area contributed by atoms with E-state index in [2.05, 4.69) is 4.74 Å². The number of amides is 1. The van der Waals surface area contributed by atoms with E-state index < -0.39 is 12.2 Å². The van der Waals surface area contributed by atoms with E-state index in [1.165, 1.54) is 0 Å². The highest BCUT2D eigenvalue weighted by Gasteiger charge is 2.12.